The zero-order chi connectivity index (χ0) is 34.4. The van der Waals surface area contributed by atoms with Crippen molar-refractivity contribution in [1.29, 1.82) is 0 Å². The normalized spacial score (nSPS) is 11.7. The number of anilines is 2. The van der Waals surface area contributed by atoms with Gasteiger partial charge in [0.2, 0.25) is 5.91 Å². The van der Waals surface area contributed by atoms with Crippen LogP contribution in [-0.2, 0) is 21.2 Å². The maximum atomic E-state index is 13.2. The predicted octanol–water partition coefficient (Wildman–Crippen LogP) is 5.63. The third kappa shape index (κ3) is 7.95. The highest BCUT2D eigenvalue weighted by Crippen LogP contribution is 2.26. The number of rotatable bonds is 11. The Kier molecular flexibility index (Phi) is 9.69. The summed E-state index contributed by atoms with van der Waals surface area (Å²) in [5, 5.41) is 6.35. The number of hydrogen-bond donors (Lipinski definition) is 2. The summed E-state index contributed by atoms with van der Waals surface area (Å²) in [6.07, 6.45) is 8.39. The molecule has 3 aromatic carbocycles. The van der Waals surface area contributed by atoms with Crippen molar-refractivity contribution in [1.82, 2.24) is 23.8 Å². The molecule has 2 amide bonds. The summed E-state index contributed by atoms with van der Waals surface area (Å²) in [6, 6.07) is 27.9. The number of pyridine rings is 1. The fraction of sp³-hybridized carbons (Fsp3) is 0.108. The molecule has 12 heteroatoms. The van der Waals surface area contributed by atoms with Crippen LogP contribution in [0.25, 0.3) is 22.3 Å². The van der Waals surface area contributed by atoms with Gasteiger partial charge in [0, 0.05) is 65.0 Å². The Morgan fingerprint density at radius 1 is 0.837 bits per heavy atom. The molecule has 2 N–H and O–H groups in total. The van der Waals surface area contributed by atoms with Crippen molar-refractivity contribution in [2.24, 2.45) is 0 Å². The smallest absolute Gasteiger partial charge is 0.269 e. The lowest BCUT2D eigenvalue weighted by Gasteiger charge is -2.09. The molecule has 3 aromatic heterocycles. The van der Waals surface area contributed by atoms with E-state index in [1.54, 1.807) is 72.9 Å². The highest BCUT2D eigenvalue weighted by atomic mass is 32.2. The van der Waals surface area contributed by atoms with Gasteiger partial charge in [0.1, 0.15) is 6.33 Å². The first-order valence-corrected chi connectivity index (χ1v) is 16.8. The molecule has 0 unspecified atom stereocenters. The minimum Gasteiger partial charge on any atom is -0.323 e. The SMILES string of the molecule is CN(C)C/C=C/C(=O)Nc1ccc(C(=O)Nc2ccc(Cc3cc(-c4cnc5c(ccn5S(=O)(=O)c5ccccc5)c4)ncn3)cc2)cc1. The van der Waals surface area contributed by atoms with Crippen LogP contribution >= 0.6 is 0 Å². The Morgan fingerprint density at radius 3 is 2.29 bits per heavy atom. The fourth-order valence-electron chi connectivity index (χ4n) is 5.07. The van der Waals surface area contributed by atoms with E-state index in [1.807, 2.05) is 55.4 Å². The maximum absolute atomic E-state index is 13.2. The van der Waals surface area contributed by atoms with E-state index in [9.17, 15) is 18.0 Å². The number of nitrogens with zero attached hydrogens (tertiary/aromatic N) is 5. The molecule has 0 fully saturated rings. The van der Waals surface area contributed by atoms with Gasteiger partial charge in [0.05, 0.1) is 10.6 Å². The van der Waals surface area contributed by atoms with Crippen LogP contribution in [0.1, 0.15) is 21.6 Å². The standard InChI is InChI=1S/C37H33N7O4S/c1-43(2)19-6-9-35(45)41-30-16-12-27(13-17-30)37(46)42-31-14-10-26(11-15-31)21-32-23-34(40-25-39-32)29-22-28-18-20-44(36(28)38-24-29)49(47,48)33-7-4-3-5-8-33/h3-18,20,22-25H,19,21H2,1-2H3,(H,41,45)(H,42,46)/b9-6+. The number of hydrogen-bond acceptors (Lipinski definition) is 8. The highest BCUT2D eigenvalue weighted by molar-refractivity contribution is 7.90. The maximum Gasteiger partial charge on any atom is 0.269 e. The highest BCUT2D eigenvalue weighted by Gasteiger charge is 2.20. The molecule has 11 nitrogen and oxygen atoms in total. The number of likely N-dealkylation sites (N-methyl/N-ethyl adjacent to an activating group) is 1. The van der Waals surface area contributed by atoms with E-state index in [2.05, 4.69) is 25.6 Å². The van der Waals surface area contributed by atoms with Crippen molar-refractivity contribution in [3.05, 3.63) is 145 Å². The van der Waals surface area contributed by atoms with Crippen molar-refractivity contribution in [3.8, 4) is 11.3 Å². The van der Waals surface area contributed by atoms with E-state index in [-0.39, 0.29) is 16.7 Å². The van der Waals surface area contributed by atoms with Gasteiger partial charge in [-0.05, 0) is 86.4 Å². The minimum absolute atomic E-state index is 0.187. The van der Waals surface area contributed by atoms with Crippen LogP contribution in [0, 0.1) is 0 Å². The van der Waals surface area contributed by atoms with Gasteiger partial charge in [0.15, 0.2) is 5.65 Å². The summed E-state index contributed by atoms with van der Waals surface area (Å²) in [5.41, 5.74) is 5.19. The van der Waals surface area contributed by atoms with E-state index >= 15 is 0 Å². The molecular weight excluding hydrogens is 639 g/mol. The van der Waals surface area contributed by atoms with Crippen molar-refractivity contribution >= 4 is 44.2 Å². The van der Waals surface area contributed by atoms with Gasteiger partial charge in [-0.25, -0.2) is 27.3 Å². The molecule has 0 spiro atoms. The summed E-state index contributed by atoms with van der Waals surface area (Å²) in [5.74, 6) is -0.503. The molecule has 0 atom stereocenters. The Morgan fingerprint density at radius 2 is 1.55 bits per heavy atom. The largest absolute Gasteiger partial charge is 0.323 e. The van der Waals surface area contributed by atoms with E-state index < -0.39 is 10.0 Å². The van der Waals surface area contributed by atoms with Gasteiger partial charge >= 0.3 is 0 Å². The van der Waals surface area contributed by atoms with Crippen LogP contribution in [0.15, 0.2) is 133 Å². The molecule has 0 aliphatic rings. The number of carbonyl (C=O) groups excluding carboxylic acids is 2. The number of benzene rings is 3. The average Bonchev–Trinajstić information content (AvgIpc) is 3.54. The van der Waals surface area contributed by atoms with E-state index in [1.165, 1.54) is 22.6 Å². The first-order valence-electron chi connectivity index (χ1n) is 15.4. The van der Waals surface area contributed by atoms with Crippen LogP contribution in [0.4, 0.5) is 11.4 Å². The van der Waals surface area contributed by atoms with Gasteiger partial charge in [-0.2, -0.15) is 0 Å². The Balaban J connectivity index is 1.08. The lowest BCUT2D eigenvalue weighted by molar-refractivity contribution is -0.111. The second-order valence-corrected chi connectivity index (χ2v) is 13.3. The molecule has 0 bridgehead atoms. The third-order valence-corrected chi connectivity index (χ3v) is 9.24. The van der Waals surface area contributed by atoms with Crippen LogP contribution in [0.5, 0.6) is 0 Å². The molecule has 3 heterocycles. The predicted molar refractivity (Wildman–Crippen MR) is 190 cm³/mol. The quantitative estimate of drug-likeness (QED) is 0.169. The van der Waals surface area contributed by atoms with Crippen molar-refractivity contribution in [2.75, 3.05) is 31.3 Å². The van der Waals surface area contributed by atoms with Gasteiger partial charge in [0.25, 0.3) is 15.9 Å². The van der Waals surface area contributed by atoms with Crippen molar-refractivity contribution < 1.29 is 18.0 Å². The Hall–Kier alpha value is -5.98. The Labute approximate surface area is 284 Å². The monoisotopic (exact) mass is 671 g/mol. The molecular formula is C37H33N7O4S. The molecule has 0 radical (unpaired) electrons. The zero-order valence-electron chi connectivity index (χ0n) is 26.8. The summed E-state index contributed by atoms with van der Waals surface area (Å²) in [6.45, 7) is 0.662. The van der Waals surface area contributed by atoms with Crippen LogP contribution < -0.4 is 10.6 Å². The molecule has 0 aliphatic carbocycles. The first kappa shape index (κ1) is 32.9. The molecule has 0 aliphatic heterocycles. The fourth-order valence-corrected chi connectivity index (χ4v) is 6.40. The average molecular weight is 672 g/mol. The summed E-state index contributed by atoms with van der Waals surface area (Å²) < 4.78 is 27.5. The zero-order valence-corrected chi connectivity index (χ0v) is 27.6. The molecule has 246 valence electrons. The number of fused-ring (bicyclic) bond motifs is 1. The van der Waals surface area contributed by atoms with E-state index in [0.717, 1.165) is 16.8 Å². The number of nitrogens with one attached hydrogen (secondary N) is 2. The molecule has 49 heavy (non-hydrogen) atoms. The van der Waals surface area contributed by atoms with E-state index in [0.29, 0.717) is 46.6 Å². The lowest BCUT2D eigenvalue weighted by Crippen LogP contribution is -2.13. The lowest BCUT2D eigenvalue weighted by atomic mass is 10.1. The number of amides is 2. The minimum atomic E-state index is -3.79. The third-order valence-electron chi connectivity index (χ3n) is 7.56. The summed E-state index contributed by atoms with van der Waals surface area (Å²) >= 11 is 0. The summed E-state index contributed by atoms with van der Waals surface area (Å²) in [4.78, 5) is 40.4. The van der Waals surface area contributed by atoms with Crippen LogP contribution in [0.2, 0.25) is 0 Å². The van der Waals surface area contributed by atoms with E-state index in [4.69, 9.17) is 0 Å². The molecule has 6 aromatic rings. The van der Waals surface area contributed by atoms with Crippen LogP contribution in [0.3, 0.4) is 0 Å². The first-order chi connectivity index (χ1) is 23.7. The van der Waals surface area contributed by atoms with Crippen molar-refractivity contribution in [2.45, 2.75) is 11.3 Å². The molecule has 0 saturated carbocycles. The Bertz CT molecular complexity index is 2250. The van der Waals surface area contributed by atoms with Gasteiger partial charge in [-0.3, -0.25) is 9.59 Å². The number of aromatic nitrogens is 4. The molecule has 0 saturated heterocycles. The van der Waals surface area contributed by atoms with Crippen LogP contribution in [-0.4, -0.2) is 64.7 Å². The van der Waals surface area contributed by atoms with Gasteiger partial charge in [-0.15, -0.1) is 0 Å². The second kappa shape index (κ2) is 14.4. The van der Waals surface area contributed by atoms with Gasteiger partial charge < -0.3 is 15.5 Å². The summed E-state index contributed by atoms with van der Waals surface area (Å²) in [7, 11) is 0.0570. The number of carbonyl (C=O) groups is 2. The topological polar surface area (TPSA) is 139 Å². The molecule has 6 rings (SSSR count). The van der Waals surface area contributed by atoms with Gasteiger partial charge in [-0.1, -0.05) is 36.4 Å². The van der Waals surface area contributed by atoms with Crippen molar-refractivity contribution in [3.63, 3.8) is 0 Å². The second-order valence-electron chi connectivity index (χ2n) is 11.5.